The lowest BCUT2D eigenvalue weighted by atomic mass is 9.90. The zero-order valence-electron chi connectivity index (χ0n) is 34.7. The molecule has 0 saturated carbocycles. The monoisotopic (exact) mass is 810 g/mol. The number of para-hydroxylation sites is 1. The molecular weight excluding hydrogens is 769 g/mol. The highest BCUT2D eigenvalue weighted by molar-refractivity contribution is 7.26. The molecule has 0 amide bonds. The van der Waals surface area contributed by atoms with Gasteiger partial charge in [0.25, 0.3) is 0 Å². The van der Waals surface area contributed by atoms with Crippen LogP contribution in [0.1, 0.15) is 35.6 Å². The summed E-state index contributed by atoms with van der Waals surface area (Å²) in [7, 11) is 0. The number of nitrogens with zero attached hydrogens (tertiary/aromatic N) is 2. The summed E-state index contributed by atoms with van der Waals surface area (Å²) < 4.78 is 7.74. The molecule has 0 bridgehead atoms. The predicted molar refractivity (Wildman–Crippen MR) is 266 cm³/mol. The molecule has 3 heteroatoms. The second kappa shape index (κ2) is 13.7. The molecule has 0 unspecified atom stereocenters. The van der Waals surface area contributed by atoms with Gasteiger partial charge in [-0.3, -0.25) is 0 Å². The van der Waals surface area contributed by atoms with Gasteiger partial charge < -0.3 is 9.13 Å². The van der Waals surface area contributed by atoms with Crippen LogP contribution in [0.25, 0.3) is 109 Å². The van der Waals surface area contributed by atoms with Crippen LogP contribution in [0.15, 0.2) is 182 Å². The Bertz CT molecular complexity index is 3770. The molecular formula is C59H42N2S. The maximum absolute atomic E-state index is 2.56. The van der Waals surface area contributed by atoms with Crippen LogP contribution < -0.4 is 0 Å². The van der Waals surface area contributed by atoms with E-state index in [-0.39, 0.29) is 0 Å². The first-order valence-electron chi connectivity index (χ1n) is 21.9. The number of rotatable bonds is 6. The molecule has 1 aliphatic carbocycles. The molecule has 294 valence electrons. The summed E-state index contributed by atoms with van der Waals surface area (Å²) in [5, 5.41) is 8.05. The third kappa shape index (κ3) is 5.15. The number of hydrogen-bond acceptors (Lipinski definition) is 1. The van der Waals surface area contributed by atoms with Gasteiger partial charge in [0.2, 0.25) is 0 Å². The van der Waals surface area contributed by atoms with Crippen LogP contribution in [0, 0.1) is 6.92 Å². The van der Waals surface area contributed by atoms with Crippen molar-refractivity contribution in [3.63, 3.8) is 0 Å². The molecule has 0 spiro atoms. The standard InChI is InChI=1S/C59H42N2S/c1-3-14-46-44(43-20-11-10-15-36(43)2)27-29-52-57(46)50-34-48-39(32-54(50)61(52)42-25-23-38(24-26-42)37-16-6-4-7-17-37)31-40-33-55-51(35-49(40)48)58-53(60(55)41-18-8-5-9-19-41)30-28-47-45-21-12-13-22-56(45)62-59(47)58/h4-13,15-30,32-35H,3,14,31H2,1-2H3. The first-order chi connectivity index (χ1) is 30.6. The Morgan fingerprint density at radius 2 is 1.05 bits per heavy atom. The lowest BCUT2D eigenvalue weighted by molar-refractivity contribution is 0.931. The summed E-state index contributed by atoms with van der Waals surface area (Å²) in [6.45, 7) is 4.57. The lowest BCUT2D eigenvalue weighted by Gasteiger charge is -2.15. The molecule has 3 heterocycles. The van der Waals surface area contributed by atoms with Crippen molar-refractivity contribution in [3.05, 3.63) is 204 Å². The first-order valence-corrected chi connectivity index (χ1v) is 22.8. The Kier molecular flexibility index (Phi) is 7.83. The van der Waals surface area contributed by atoms with Crippen LogP contribution in [0.5, 0.6) is 0 Å². The minimum absolute atomic E-state index is 0.899. The van der Waals surface area contributed by atoms with Gasteiger partial charge in [-0.15, -0.1) is 11.3 Å². The van der Waals surface area contributed by atoms with Crippen LogP contribution in [0.2, 0.25) is 0 Å². The van der Waals surface area contributed by atoms with E-state index in [1.54, 1.807) is 0 Å². The summed E-state index contributed by atoms with van der Waals surface area (Å²) in [5.74, 6) is 0. The summed E-state index contributed by atoms with van der Waals surface area (Å²) in [6, 6.07) is 68.2. The van der Waals surface area contributed by atoms with Crippen molar-refractivity contribution < 1.29 is 0 Å². The normalized spacial score (nSPS) is 12.4. The molecule has 2 nitrogen and oxygen atoms in total. The fourth-order valence-corrected chi connectivity index (χ4v) is 12.1. The largest absolute Gasteiger partial charge is 0.309 e. The average Bonchev–Trinajstić information content (AvgIpc) is 4.05. The number of benzene rings is 9. The number of thiophene rings is 1. The van der Waals surface area contributed by atoms with E-state index in [1.807, 2.05) is 11.3 Å². The molecule has 0 radical (unpaired) electrons. The smallest absolute Gasteiger partial charge is 0.0555 e. The fraction of sp³-hybridized carbons (Fsp3) is 0.0847. The molecule has 3 aromatic heterocycles. The van der Waals surface area contributed by atoms with Crippen LogP contribution in [-0.2, 0) is 12.8 Å². The van der Waals surface area contributed by atoms with E-state index < -0.39 is 0 Å². The van der Waals surface area contributed by atoms with Gasteiger partial charge in [-0.2, -0.15) is 0 Å². The minimum Gasteiger partial charge on any atom is -0.309 e. The highest BCUT2D eigenvalue weighted by Gasteiger charge is 2.27. The maximum Gasteiger partial charge on any atom is 0.0555 e. The van der Waals surface area contributed by atoms with Crippen molar-refractivity contribution in [3.8, 4) is 44.8 Å². The number of fused-ring (bicyclic) bond motifs is 13. The summed E-state index contributed by atoms with van der Waals surface area (Å²) >= 11 is 1.93. The summed E-state index contributed by atoms with van der Waals surface area (Å²) in [6.07, 6.45) is 2.97. The van der Waals surface area contributed by atoms with E-state index in [1.165, 1.54) is 131 Å². The van der Waals surface area contributed by atoms with Gasteiger partial charge in [0.05, 0.1) is 22.1 Å². The highest BCUT2D eigenvalue weighted by Crippen LogP contribution is 2.49. The molecule has 1 aliphatic rings. The van der Waals surface area contributed by atoms with Crippen molar-refractivity contribution in [2.45, 2.75) is 33.1 Å². The van der Waals surface area contributed by atoms with Gasteiger partial charge >= 0.3 is 0 Å². The third-order valence-corrected chi connectivity index (χ3v) is 14.8. The maximum atomic E-state index is 2.56. The van der Waals surface area contributed by atoms with E-state index in [9.17, 15) is 0 Å². The Hall–Kier alpha value is -7.20. The van der Waals surface area contributed by atoms with Crippen molar-refractivity contribution in [2.75, 3.05) is 0 Å². The number of hydrogen-bond donors (Lipinski definition) is 0. The van der Waals surface area contributed by atoms with E-state index in [0.29, 0.717) is 0 Å². The van der Waals surface area contributed by atoms with Crippen LogP contribution >= 0.6 is 11.3 Å². The third-order valence-electron chi connectivity index (χ3n) is 13.6. The number of aryl methyl sites for hydroxylation is 2. The Labute approximate surface area is 364 Å². The van der Waals surface area contributed by atoms with Crippen LogP contribution in [-0.4, -0.2) is 9.13 Å². The topological polar surface area (TPSA) is 9.86 Å². The van der Waals surface area contributed by atoms with Gasteiger partial charge in [-0.1, -0.05) is 129 Å². The fourth-order valence-electron chi connectivity index (χ4n) is 10.8. The Morgan fingerprint density at radius 3 is 1.77 bits per heavy atom. The van der Waals surface area contributed by atoms with Gasteiger partial charge in [0, 0.05) is 53.1 Å². The predicted octanol–water partition coefficient (Wildman–Crippen LogP) is 16.4. The molecule has 12 aromatic rings. The molecule has 0 aliphatic heterocycles. The quantitative estimate of drug-likeness (QED) is 0.158. The zero-order chi connectivity index (χ0) is 41.1. The minimum atomic E-state index is 0.899. The van der Waals surface area contributed by atoms with E-state index >= 15 is 0 Å². The first kappa shape index (κ1) is 35.5. The van der Waals surface area contributed by atoms with Crippen molar-refractivity contribution in [1.29, 1.82) is 0 Å². The molecule has 0 atom stereocenters. The average molecular weight is 811 g/mol. The molecule has 0 saturated heterocycles. The van der Waals surface area contributed by atoms with Gasteiger partial charge in [-0.25, -0.2) is 0 Å². The van der Waals surface area contributed by atoms with E-state index in [0.717, 1.165) is 19.3 Å². The van der Waals surface area contributed by atoms with E-state index in [2.05, 4.69) is 205 Å². The van der Waals surface area contributed by atoms with Crippen LogP contribution in [0.3, 0.4) is 0 Å². The second-order valence-corrected chi connectivity index (χ2v) is 18.2. The van der Waals surface area contributed by atoms with Gasteiger partial charge in [-0.05, 0) is 142 Å². The summed E-state index contributed by atoms with van der Waals surface area (Å²) in [4.78, 5) is 0. The molecule has 0 N–H and O–H groups in total. The zero-order valence-corrected chi connectivity index (χ0v) is 35.6. The molecule has 13 rings (SSSR count). The Balaban J connectivity index is 1.10. The summed E-state index contributed by atoms with van der Waals surface area (Å²) in [5.41, 5.74) is 20.9. The molecule has 0 fully saturated rings. The molecule has 9 aromatic carbocycles. The molecule has 62 heavy (non-hydrogen) atoms. The van der Waals surface area contributed by atoms with Crippen LogP contribution in [0.4, 0.5) is 0 Å². The van der Waals surface area contributed by atoms with Gasteiger partial charge in [0.15, 0.2) is 0 Å². The lowest BCUT2D eigenvalue weighted by Crippen LogP contribution is -1.96. The van der Waals surface area contributed by atoms with Gasteiger partial charge in [0.1, 0.15) is 0 Å². The highest BCUT2D eigenvalue weighted by atomic mass is 32.1. The second-order valence-electron chi connectivity index (χ2n) is 17.1. The van der Waals surface area contributed by atoms with Crippen molar-refractivity contribution >= 4 is 75.1 Å². The van der Waals surface area contributed by atoms with Crippen molar-refractivity contribution in [2.24, 2.45) is 0 Å². The van der Waals surface area contributed by atoms with Crippen molar-refractivity contribution in [1.82, 2.24) is 9.13 Å². The SMILES string of the molecule is CCCc1c(-c2ccccc2C)ccc2c1c1cc3c(cc1n2-c1ccc(-c2ccccc2)cc1)Cc1cc2c(cc1-3)c1c3sc4ccccc4c3ccc1n2-c1ccccc1. The number of aromatic nitrogens is 2. The van der Waals surface area contributed by atoms with E-state index in [4.69, 9.17) is 0 Å². The Morgan fingerprint density at radius 1 is 0.452 bits per heavy atom.